The lowest BCUT2D eigenvalue weighted by Crippen LogP contribution is -2.16. The molecule has 1 aliphatic heterocycles. The van der Waals surface area contributed by atoms with Gasteiger partial charge in [0.05, 0.1) is 0 Å². The average molecular weight is 252 g/mol. The SMILES string of the molecule is C1=NCCCCCCCCCCNCCCCC1. The molecule has 0 aromatic carbocycles. The van der Waals surface area contributed by atoms with Crippen LogP contribution < -0.4 is 5.32 Å². The highest BCUT2D eigenvalue weighted by Crippen LogP contribution is 2.08. The maximum atomic E-state index is 4.49. The Labute approximate surface area is 114 Å². The number of aliphatic imine (C=N–C) groups is 1. The Hall–Kier alpha value is -0.370. The van der Waals surface area contributed by atoms with Crippen LogP contribution in [0.3, 0.4) is 0 Å². The lowest BCUT2D eigenvalue weighted by molar-refractivity contribution is 0.541. The zero-order chi connectivity index (χ0) is 12.7. The second-order valence-corrected chi connectivity index (χ2v) is 5.52. The highest BCUT2D eigenvalue weighted by Gasteiger charge is 1.94. The Balaban J connectivity index is 2.06. The van der Waals surface area contributed by atoms with Crippen LogP contribution in [0.1, 0.15) is 77.0 Å². The molecule has 0 bridgehead atoms. The number of hydrogen-bond acceptors (Lipinski definition) is 2. The van der Waals surface area contributed by atoms with Crippen molar-refractivity contribution in [2.24, 2.45) is 4.99 Å². The molecule has 2 nitrogen and oxygen atoms in total. The quantitative estimate of drug-likeness (QED) is 0.681. The molecular formula is C16H32N2. The molecule has 0 fully saturated rings. The van der Waals surface area contributed by atoms with Crippen molar-refractivity contribution in [1.82, 2.24) is 5.32 Å². The zero-order valence-electron chi connectivity index (χ0n) is 12.1. The smallest absolute Gasteiger partial charge is 0.0385 e. The summed E-state index contributed by atoms with van der Waals surface area (Å²) in [7, 11) is 0. The van der Waals surface area contributed by atoms with Crippen LogP contribution in [-0.4, -0.2) is 25.8 Å². The molecule has 0 radical (unpaired) electrons. The minimum Gasteiger partial charge on any atom is -0.317 e. The van der Waals surface area contributed by atoms with Crippen molar-refractivity contribution in [3.05, 3.63) is 0 Å². The largest absolute Gasteiger partial charge is 0.317 e. The molecular weight excluding hydrogens is 220 g/mol. The highest BCUT2D eigenvalue weighted by molar-refractivity contribution is 5.56. The molecule has 0 saturated carbocycles. The Morgan fingerprint density at radius 2 is 1.17 bits per heavy atom. The van der Waals surface area contributed by atoms with Gasteiger partial charge in [0.25, 0.3) is 0 Å². The van der Waals surface area contributed by atoms with E-state index in [1.807, 2.05) is 0 Å². The Morgan fingerprint density at radius 3 is 1.89 bits per heavy atom. The predicted octanol–water partition coefficient (Wildman–Crippen LogP) is 4.34. The summed E-state index contributed by atoms with van der Waals surface area (Å²) in [6, 6.07) is 0. The van der Waals surface area contributed by atoms with Gasteiger partial charge in [0.15, 0.2) is 0 Å². The first-order valence-electron chi connectivity index (χ1n) is 8.19. The second kappa shape index (κ2) is 13.1. The van der Waals surface area contributed by atoms with Crippen LogP contribution in [-0.2, 0) is 0 Å². The van der Waals surface area contributed by atoms with Gasteiger partial charge in [-0.15, -0.1) is 0 Å². The lowest BCUT2D eigenvalue weighted by atomic mass is 10.1. The fourth-order valence-corrected chi connectivity index (χ4v) is 2.48. The van der Waals surface area contributed by atoms with E-state index in [-0.39, 0.29) is 0 Å². The van der Waals surface area contributed by atoms with E-state index in [1.54, 1.807) is 0 Å². The minimum atomic E-state index is 1.06. The molecule has 0 spiro atoms. The number of nitrogens with one attached hydrogen (secondary N) is 1. The molecule has 0 aliphatic carbocycles. The van der Waals surface area contributed by atoms with E-state index in [0.29, 0.717) is 0 Å². The summed E-state index contributed by atoms with van der Waals surface area (Å²) in [5.74, 6) is 0. The summed E-state index contributed by atoms with van der Waals surface area (Å²) >= 11 is 0. The van der Waals surface area contributed by atoms with E-state index in [9.17, 15) is 0 Å². The van der Waals surface area contributed by atoms with Crippen LogP contribution in [0.25, 0.3) is 0 Å². The molecule has 18 heavy (non-hydrogen) atoms. The van der Waals surface area contributed by atoms with E-state index < -0.39 is 0 Å². The molecule has 1 N–H and O–H groups in total. The Bertz CT molecular complexity index is 170. The molecule has 2 heteroatoms. The predicted molar refractivity (Wildman–Crippen MR) is 81.6 cm³/mol. The van der Waals surface area contributed by atoms with Gasteiger partial charge in [-0.2, -0.15) is 0 Å². The van der Waals surface area contributed by atoms with Crippen LogP contribution in [0.2, 0.25) is 0 Å². The number of nitrogens with zero attached hydrogens (tertiary/aromatic N) is 1. The first-order chi connectivity index (χ1) is 9.00. The molecule has 106 valence electrons. The van der Waals surface area contributed by atoms with Gasteiger partial charge in [-0.1, -0.05) is 44.9 Å². The molecule has 0 aromatic rings. The van der Waals surface area contributed by atoms with Crippen LogP contribution in [0.4, 0.5) is 0 Å². The van der Waals surface area contributed by atoms with E-state index in [0.717, 1.165) is 6.54 Å². The van der Waals surface area contributed by atoms with Crippen molar-refractivity contribution in [2.45, 2.75) is 77.0 Å². The van der Waals surface area contributed by atoms with E-state index in [4.69, 9.17) is 0 Å². The zero-order valence-corrected chi connectivity index (χ0v) is 12.1. The summed E-state index contributed by atoms with van der Waals surface area (Å²) < 4.78 is 0. The molecule has 0 atom stereocenters. The molecule has 1 heterocycles. The molecule has 0 aromatic heterocycles. The van der Waals surface area contributed by atoms with Crippen molar-refractivity contribution >= 4 is 6.21 Å². The van der Waals surface area contributed by atoms with Crippen LogP contribution in [0.5, 0.6) is 0 Å². The maximum absolute atomic E-state index is 4.49. The third-order valence-corrected chi connectivity index (χ3v) is 3.71. The van der Waals surface area contributed by atoms with Gasteiger partial charge in [-0.25, -0.2) is 0 Å². The third-order valence-electron chi connectivity index (χ3n) is 3.71. The van der Waals surface area contributed by atoms with Crippen LogP contribution in [0, 0.1) is 0 Å². The first kappa shape index (κ1) is 15.7. The van der Waals surface area contributed by atoms with E-state index in [1.165, 1.54) is 90.1 Å². The molecule has 0 unspecified atom stereocenters. The topological polar surface area (TPSA) is 24.4 Å². The first-order valence-corrected chi connectivity index (χ1v) is 8.19. The van der Waals surface area contributed by atoms with Gasteiger partial charge in [0, 0.05) is 6.54 Å². The fourth-order valence-electron chi connectivity index (χ4n) is 2.48. The van der Waals surface area contributed by atoms with Gasteiger partial charge < -0.3 is 5.32 Å². The van der Waals surface area contributed by atoms with Crippen molar-refractivity contribution in [3.8, 4) is 0 Å². The average Bonchev–Trinajstić information content (AvgIpc) is 2.39. The Morgan fingerprint density at radius 1 is 0.611 bits per heavy atom. The second-order valence-electron chi connectivity index (χ2n) is 5.52. The normalized spacial score (nSPS) is 23.1. The minimum absolute atomic E-state index is 1.06. The number of hydrogen-bond donors (Lipinski definition) is 1. The lowest BCUT2D eigenvalue weighted by Gasteiger charge is -2.05. The summed E-state index contributed by atoms with van der Waals surface area (Å²) in [5.41, 5.74) is 0. The van der Waals surface area contributed by atoms with Crippen molar-refractivity contribution in [2.75, 3.05) is 19.6 Å². The fraction of sp³-hybridized carbons (Fsp3) is 0.938. The van der Waals surface area contributed by atoms with Gasteiger partial charge in [0.1, 0.15) is 0 Å². The van der Waals surface area contributed by atoms with Crippen molar-refractivity contribution < 1.29 is 0 Å². The third kappa shape index (κ3) is 10.8. The van der Waals surface area contributed by atoms with Gasteiger partial charge in [0.2, 0.25) is 0 Å². The highest BCUT2D eigenvalue weighted by atomic mass is 14.8. The van der Waals surface area contributed by atoms with Crippen molar-refractivity contribution in [1.29, 1.82) is 0 Å². The summed E-state index contributed by atoms with van der Waals surface area (Å²) in [5, 5.41) is 3.56. The number of rotatable bonds is 0. The van der Waals surface area contributed by atoms with E-state index in [2.05, 4.69) is 16.5 Å². The molecule has 0 amide bonds. The Kier molecular flexibility index (Phi) is 11.4. The maximum Gasteiger partial charge on any atom is 0.0385 e. The summed E-state index contributed by atoms with van der Waals surface area (Å²) in [4.78, 5) is 4.49. The van der Waals surface area contributed by atoms with Gasteiger partial charge in [-0.05, 0) is 51.4 Å². The molecule has 1 aliphatic rings. The summed E-state index contributed by atoms with van der Waals surface area (Å²) in [6.07, 6.45) is 18.5. The van der Waals surface area contributed by atoms with Crippen molar-refractivity contribution in [3.63, 3.8) is 0 Å². The van der Waals surface area contributed by atoms with Crippen LogP contribution in [0.15, 0.2) is 4.99 Å². The van der Waals surface area contributed by atoms with Crippen LogP contribution >= 0.6 is 0 Å². The summed E-state index contributed by atoms with van der Waals surface area (Å²) in [6.45, 7) is 3.49. The van der Waals surface area contributed by atoms with Gasteiger partial charge in [-0.3, -0.25) is 4.99 Å². The van der Waals surface area contributed by atoms with E-state index >= 15 is 0 Å². The van der Waals surface area contributed by atoms with Gasteiger partial charge >= 0.3 is 0 Å². The molecule has 0 saturated heterocycles. The standard InChI is InChI=1S/C16H32N2/c1-2-4-6-10-14-18-16-12-8-7-11-15-17-13-9-5-3-1/h15,18H,1-14,16H2. The molecule has 1 rings (SSSR count). The monoisotopic (exact) mass is 252 g/mol.